The molecule has 3 heteroatoms. The molecule has 1 radical (unpaired) electrons. The molecule has 1 aromatic rings. The van der Waals surface area contributed by atoms with E-state index in [9.17, 15) is 0 Å². The van der Waals surface area contributed by atoms with Crippen LogP contribution in [0.1, 0.15) is 37.7 Å². The molecule has 1 heterocycles. The predicted octanol–water partition coefficient (Wildman–Crippen LogP) is 2.61. The zero-order chi connectivity index (χ0) is 10.5. The van der Waals surface area contributed by atoms with Crippen LogP contribution in [0.15, 0.2) is 18.3 Å². The highest BCUT2D eigenvalue weighted by Crippen LogP contribution is 2.22. The van der Waals surface area contributed by atoms with Gasteiger partial charge in [0.1, 0.15) is 5.82 Å². The topological polar surface area (TPSA) is 48.7 Å². The van der Waals surface area contributed by atoms with E-state index >= 15 is 0 Å². The molecule has 81 valence electrons. The maximum absolute atomic E-state index is 7.42. The van der Waals surface area contributed by atoms with E-state index in [2.05, 4.69) is 10.3 Å². The largest absolute Gasteiger partial charge is 0.367 e. The molecule has 2 N–H and O–H groups in total. The van der Waals surface area contributed by atoms with Crippen molar-refractivity contribution in [2.75, 3.05) is 5.32 Å². The Morgan fingerprint density at radius 1 is 1.33 bits per heavy atom. The van der Waals surface area contributed by atoms with Crippen LogP contribution in [0, 0.1) is 0 Å². The highest BCUT2D eigenvalue weighted by atomic mass is 15.0. The quantitative estimate of drug-likeness (QED) is 0.822. The second kappa shape index (κ2) is 5.12. The summed E-state index contributed by atoms with van der Waals surface area (Å²) >= 11 is 0. The molecule has 1 aliphatic rings. The molecule has 2 rings (SSSR count). The van der Waals surface area contributed by atoms with E-state index < -0.39 is 0 Å². The first-order valence-electron chi connectivity index (χ1n) is 5.75. The first-order valence-corrected chi connectivity index (χ1v) is 5.75. The number of hydrogen-bond acceptors (Lipinski definition) is 2. The van der Waals surface area contributed by atoms with Crippen molar-refractivity contribution in [1.29, 1.82) is 0 Å². The molecule has 0 atom stereocenters. The monoisotopic (exact) mass is 204 g/mol. The number of pyridine rings is 1. The summed E-state index contributed by atoms with van der Waals surface area (Å²) in [4.78, 5) is 4.31. The zero-order valence-electron chi connectivity index (χ0n) is 9.00. The summed E-state index contributed by atoms with van der Waals surface area (Å²) < 4.78 is 0. The van der Waals surface area contributed by atoms with E-state index in [-0.39, 0.29) is 0 Å². The van der Waals surface area contributed by atoms with Crippen LogP contribution in [0.2, 0.25) is 0 Å². The molecular formula is C12H18N3. The van der Waals surface area contributed by atoms with Crippen molar-refractivity contribution in [2.45, 2.75) is 44.7 Å². The summed E-state index contributed by atoms with van der Waals surface area (Å²) in [5.41, 5.74) is 8.42. The third-order valence-electron chi connectivity index (χ3n) is 3.03. The third-order valence-corrected chi connectivity index (χ3v) is 3.03. The van der Waals surface area contributed by atoms with Gasteiger partial charge in [-0.15, -0.1) is 0 Å². The van der Waals surface area contributed by atoms with Crippen molar-refractivity contribution in [2.24, 2.45) is 0 Å². The highest BCUT2D eigenvalue weighted by Gasteiger charge is 2.14. The highest BCUT2D eigenvalue weighted by molar-refractivity contribution is 5.44. The summed E-state index contributed by atoms with van der Waals surface area (Å²) in [6, 6.07) is 4.44. The van der Waals surface area contributed by atoms with Gasteiger partial charge >= 0.3 is 0 Å². The van der Waals surface area contributed by atoms with Crippen molar-refractivity contribution in [1.82, 2.24) is 10.7 Å². The molecule has 0 unspecified atom stereocenters. The predicted molar refractivity (Wildman–Crippen MR) is 61.5 cm³/mol. The number of hydrogen-bond donors (Lipinski definition) is 1. The Kier molecular flexibility index (Phi) is 3.56. The molecule has 1 fully saturated rings. The molecule has 0 aliphatic heterocycles. The van der Waals surface area contributed by atoms with Crippen molar-refractivity contribution >= 4 is 5.82 Å². The standard InChI is InChI=1S/C12H18N3/c13-9-10-5-4-8-14-12(10)15-11-6-2-1-3-7-11/h4-5,8,11,13H,1-3,6-7,9H2,(H,14,15). The molecule has 3 nitrogen and oxygen atoms in total. The molecule has 0 aromatic carbocycles. The Balaban J connectivity index is 2.02. The Morgan fingerprint density at radius 2 is 2.13 bits per heavy atom. The summed E-state index contributed by atoms with van der Waals surface area (Å²) in [5.74, 6) is 0.916. The molecule has 0 bridgehead atoms. The van der Waals surface area contributed by atoms with Crippen LogP contribution in [-0.2, 0) is 6.54 Å². The Bertz CT molecular complexity index is 305. The minimum Gasteiger partial charge on any atom is -0.367 e. The van der Waals surface area contributed by atoms with Crippen molar-refractivity contribution in [3.05, 3.63) is 23.9 Å². The average Bonchev–Trinajstić information content (AvgIpc) is 2.31. The van der Waals surface area contributed by atoms with Crippen molar-refractivity contribution in [3.63, 3.8) is 0 Å². The minimum absolute atomic E-state index is 0.308. The smallest absolute Gasteiger partial charge is 0.130 e. The summed E-state index contributed by atoms with van der Waals surface area (Å²) in [7, 11) is 0. The lowest BCUT2D eigenvalue weighted by Crippen LogP contribution is -2.23. The minimum atomic E-state index is 0.308. The van der Waals surface area contributed by atoms with Gasteiger partial charge in [0.2, 0.25) is 0 Å². The number of nitrogens with one attached hydrogen (secondary N) is 2. The lowest BCUT2D eigenvalue weighted by atomic mass is 9.95. The van der Waals surface area contributed by atoms with Crippen LogP contribution in [0.5, 0.6) is 0 Å². The number of anilines is 1. The second-order valence-electron chi connectivity index (χ2n) is 4.17. The lowest BCUT2D eigenvalue weighted by molar-refractivity contribution is 0.461. The summed E-state index contributed by atoms with van der Waals surface area (Å²) in [5, 5.41) is 3.47. The SMILES string of the molecule is [NH]Cc1cccnc1NC1CCCCC1. The van der Waals surface area contributed by atoms with Crippen LogP contribution in [0.4, 0.5) is 5.82 Å². The normalized spacial score (nSPS) is 17.7. The molecule has 0 spiro atoms. The molecule has 1 saturated carbocycles. The fraction of sp³-hybridized carbons (Fsp3) is 0.583. The Morgan fingerprint density at radius 3 is 2.87 bits per heavy atom. The van der Waals surface area contributed by atoms with Gasteiger partial charge in [-0.05, 0) is 18.9 Å². The van der Waals surface area contributed by atoms with E-state index in [1.165, 1.54) is 32.1 Å². The fourth-order valence-electron chi connectivity index (χ4n) is 2.15. The second-order valence-corrected chi connectivity index (χ2v) is 4.17. The van der Waals surface area contributed by atoms with E-state index in [4.69, 9.17) is 5.73 Å². The molecular weight excluding hydrogens is 186 g/mol. The van der Waals surface area contributed by atoms with Crippen LogP contribution in [-0.4, -0.2) is 11.0 Å². The van der Waals surface area contributed by atoms with E-state index in [1.54, 1.807) is 6.20 Å². The Labute approximate surface area is 91.1 Å². The fourth-order valence-corrected chi connectivity index (χ4v) is 2.15. The number of aromatic nitrogens is 1. The molecule has 1 aromatic heterocycles. The van der Waals surface area contributed by atoms with Gasteiger partial charge in [-0.2, -0.15) is 0 Å². The van der Waals surface area contributed by atoms with Gasteiger partial charge in [0, 0.05) is 24.3 Å². The van der Waals surface area contributed by atoms with Crippen LogP contribution in [0.25, 0.3) is 0 Å². The average molecular weight is 204 g/mol. The molecule has 0 amide bonds. The van der Waals surface area contributed by atoms with Crippen molar-refractivity contribution in [3.8, 4) is 0 Å². The lowest BCUT2D eigenvalue weighted by Gasteiger charge is -2.24. The van der Waals surface area contributed by atoms with Crippen molar-refractivity contribution < 1.29 is 0 Å². The van der Waals surface area contributed by atoms with Gasteiger partial charge in [0.25, 0.3) is 0 Å². The Hall–Kier alpha value is -1.09. The van der Waals surface area contributed by atoms with E-state index in [0.29, 0.717) is 12.6 Å². The molecule has 1 aliphatic carbocycles. The van der Waals surface area contributed by atoms with Gasteiger partial charge in [-0.3, -0.25) is 5.73 Å². The van der Waals surface area contributed by atoms with Crippen LogP contribution < -0.4 is 11.1 Å². The van der Waals surface area contributed by atoms with E-state index in [1.807, 2.05) is 12.1 Å². The van der Waals surface area contributed by atoms with Gasteiger partial charge in [-0.25, -0.2) is 4.98 Å². The maximum Gasteiger partial charge on any atom is 0.130 e. The van der Waals surface area contributed by atoms with Gasteiger partial charge in [0.05, 0.1) is 0 Å². The molecule has 15 heavy (non-hydrogen) atoms. The summed E-state index contributed by atoms with van der Waals surface area (Å²) in [6.45, 7) is 0.308. The van der Waals surface area contributed by atoms with Gasteiger partial charge in [-0.1, -0.05) is 25.3 Å². The number of rotatable bonds is 3. The van der Waals surface area contributed by atoms with Crippen LogP contribution in [0.3, 0.4) is 0 Å². The van der Waals surface area contributed by atoms with E-state index in [0.717, 1.165) is 11.4 Å². The van der Waals surface area contributed by atoms with Crippen LogP contribution >= 0.6 is 0 Å². The first kappa shape index (κ1) is 10.4. The van der Waals surface area contributed by atoms with Gasteiger partial charge in [0.15, 0.2) is 0 Å². The maximum atomic E-state index is 7.42. The third kappa shape index (κ3) is 2.69. The first-order chi connectivity index (χ1) is 7.40. The summed E-state index contributed by atoms with van der Waals surface area (Å²) in [6.07, 6.45) is 8.29. The zero-order valence-corrected chi connectivity index (χ0v) is 9.00. The number of nitrogens with zero attached hydrogens (tertiary/aromatic N) is 1. The molecule has 0 saturated heterocycles. The van der Waals surface area contributed by atoms with Gasteiger partial charge < -0.3 is 5.32 Å².